The molecule has 1 aliphatic rings. The van der Waals surface area contributed by atoms with Gasteiger partial charge in [0.2, 0.25) is 21.9 Å². The Hall–Kier alpha value is -3.61. The number of nitrogens with zero attached hydrogens (tertiary/aromatic N) is 4. The second-order valence-corrected chi connectivity index (χ2v) is 10.9. The zero-order valence-corrected chi connectivity index (χ0v) is 20.4. The molecule has 0 spiro atoms. The lowest BCUT2D eigenvalue weighted by molar-refractivity contribution is -0.130. The van der Waals surface area contributed by atoms with Gasteiger partial charge in [0.25, 0.3) is 5.91 Å². The minimum atomic E-state index is -3.84. The van der Waals surface area contributed by atoms with Gasteiger partial charge >= 0.3 is 0 Å². The highest BCUT2D eigenvalue weighted by Gasteiger charge is 2.25. The number of hydrogen-bond acceptors (Lipinski definition) is 8. The van der Waals surface area contributed by atoms with Crippen LogP contribution in [0.3, 0.4) is 0 Å². The zero-order valence-electron chi connectivity index (χ0n) is 18.8. The number of thiophene rings is 1. The van der Waals surface area contributed by atoms with Gasteiger partial charge in [0.15, 0.2) is 0 Å². The van der Waals surface area contributed by atoms with Crippen molar-refractivity contribution in [1.82, 2.24) is 19.8 Å². The van der Waals surface area contributed by atoms with Crippen molar-refractivity contribution in [1.29, 1.82) is 0 Å². The van der Waals surface area contributed by atoms with Crippen molar-refractivity contribution in [3.05, 3.63) is 53.5 Å². The third kappa shape index (κ3) is 4.67. The molecule has 12 heteroatoms. The number of primary sulfonamides is 1. The van der Waals surface area contributed by atoms with Gasteiger partial charge < -0.3 is 15.1 Å². The van der Waals surface area contributed by atoms with E-state index >= 15 is 0 Å². The fourth-order valence-corrected chi connectivity index (χ4v) is 5.63. The average molecular weight is 511 g/mol. The number of rotatable bonds is 4. The first-order valence-electron chi connectivity index (χ1n) is 10.8. The number of nitrogens with two attached hydrogens (primary N) is 1. The molecule has 2 aromatic carbocycles. The fraction of sp³-hybridized carbons (Fsp3) is 0.217. The molecule has 1 fully saturated rings. The van der Waals surface area contributed by atoms with Crippen LogP contribution in [-0.2, 0) is 14.8 Å². The highest BCUT2D eigenvalue weighted by molar-refractivity contribution is 7.89. The van der Waals surface area contributed by atoms with E-state index in [1.807, 2.05) is 18.2 Å². The maximum atomic E-state index is 13.1. The molecule has 35 heavy (non-hydrogen) atoms. The summed E-state index contributed by atoms with van der Waals surface area (Å²) in [6.45, 7) is 3.60. The second kappa shape index (κ2) is 8.87. The van der Waals surface area contributed by atoms with E-state index in [9.17, 15) is 18.0 Å². The Labute approximate surface area is 205 Å². The van der Waals surface area contributed by atoms with E-state index < -0.39 is 10.0 Å². The van der Waals surface area contributed by atoms with Crippen molar-refractivity contribution in [2.75, 3.05) is 31.5 Å². The van der Waals surface area contributed by atoms with Crippen molar-refractivity contribution in [3.63, 3.8) is 0 Å². The molecule has 0 saturated carbocycles. The standard InChI is InChI=1S/C23H22N6O4S2/c1-14(30)28-7-9-29(10-8-28)22(31)20-12-18-19(34-20)6-5-15-13-25-23(27-21(15)18)26-16-3-2-4-17(11-16)35(24,32)33/h2-6,11-13H,7-10H2,1H3,(H2,24,32,33)(H,25,26,27). The summed E-state index contributed by atoms with van der Waals surface area (Å²) in [5.41, 5.74) is 1.16. The van der Waals surface area contributed by atoms with Crippen LogP contribution < -0.4 is 10.5 Å². The fourth-order valence-electron chi connectivity index (χ4n) is 4.03. The number of fused-ring (bicyclic) bond motifs is 3. The molecule has 0 aliphatic carbocycles. The van der Waals surface area contributed by atoms with Gasteiger partial charge in [0, 0.05) is 60.5 Å². The number of carbonyl (C=O) groups excluding carboxylic acids is 2. The van der Waals surface area contributed by atoms with Crippen LogP contribution in [0.2, 0.25) is 0 Å². The molecule has 1 aliphatic heterocycles. The molecule has 0 bridgehead atoms. The van der Waals surface area contributed by atoms with Crippen LogP contribution in [-0.4, -0.2) is 66.2 Å². The summed E-state index contributed by atoms with van der Waals surface area (Å²) in [4.78, 5) is 37.8. The van der Waals surface area contributed by atoms with Gasteiger partial charge in [0.05, 0.1) is 15.3 Å². The molecule has 2 amide bonds. The summed E-state index contributed by atoms with van der Waals surface area (Å²) in [5, 5.41) is 9.89. The predicted octanol–water partition coefficient (Wildman–Crippen LogP) is 2.54. The number of anilines is 2. The highest BCUT2D eigenvalue weighted by atomic mass is 32.2. The molecule has 0 radical (unpaired) electrons. The molecule has 3 heterocycles. The topological polar surface area (TPSA) is 139 Å². The van der Waals surface area contributed by atoms with Gasteiger partial charge in [-0.15, -0.1) is 11.3 Å². The molecule has 2 aromatic heterocycles. The summed E-state index contributed by atoms with van der Waals surface area (Å²) >= 11 is 1.40. The molecular weight excluding hydrogens is 488 g/mol. The van der Waals surface area contributed by atoms with Crippen molar-refractivity contribution < 1.29 is 18.0 Å². The Balaban J connectivity index is 1.44. The van der Waals surface area contributed by atoms with Crippen molar-refractivity contribution in [2.45, 2.75) is 11.8 Å². The minimum Gasteiger partial charge on any atom is -0.339 e. The Morgan fingerprint density at radius 2 is 1.80 bits per heavy atom. The lowest BCUT2D eigenvalue weighted by Crippen LogP contribution is -2.49. The maximum Gasteiger partial charge on any atom is 0.264 e. The lowest BCUT2D eigenvalue weighted by Gasteiger charge is -2.33. The van der Waals surface area contributed by atoms with E-state index in [0.29, 0.717) is 42.3 Å². The summed E-state index contributed by atoms with van der Waals surface area (Å²) in [5.74, 6) is 0.247. The third-order valence-electron chi connectivity index (χ3n) is 5.89. The molecular formula is C23H22N6O4S2. The van der Waals surface area contributed by atoms with Gasteiger partial charge in [-0.2, -0.15) is 0 Å². The summed E-state index contributed by atoms with van der Waals surface area (Å²) < 4.78 is 24.2. The number of hydrogen-bond donors (Lipinski definition) is 2. The Morgan fingerprint density at radius 3 is 2.51 bits per heavy atom. The zero-order chi connectivity index (χ0) is 24.7. The van der Waals surface area contributed by atoms with Crippen LogP contribution in [0.1, 0.15) is 16.6 Å². The van der Waals surface area contributed by atoms with Crippen LogP contribution in [0, 0.1) is 0 Å². The van der Waals surface area contributed by atoms with Crippen LogP contribution in [0.4, 0.5) is 11.6 Å². The Morgan fingerprint density at radius 1 is 1.06 bits per heavy atom. The third-order valence-corrected chi connectivity index (χ3v) is 7.89. The van der Waals surface area contributed by atoms with Crippen molar-refractivity contribution in [3.8, 4) is 0 Å². The van der Waals surface area contributed by atoms with Crippen molar-refractivity contribution >= 4 is 65.8 Å². The first kappa shape index (κ1) is 23.1. The summed E-state index contributed by atoms with van der Waals surface area (Å²) in [6, 6.07) is 11.8. The minimum absolute atomic E-state index is 0.0178. The number of sulfonamides is 1. The Kier molecular flexibility index (Phi) is 5.87. The van der Waals surface area contributed by atoms with Crippen LogP contribution >= 0.6 is 11.3 Å². The molecule has 0 atom stereocenters. The van der Waals surface area contributed by atoms with Gasteiger partial charge in [-0.1, -0.05) is 6.07 Å². The van der Waals surface area contributed by atoms with Crippen LogP contribution in [0.25, 0.3) is 21.0 Å². The second-order valence-electron chi connectivity index (χ2n) is 8.22. The van der Waals surface area contributed by atoms with Crippen LogP contribution in [0.5, 0.6) is 0 Å². The first-order valence-corrected chi connectivity index (χ1v) is 13.2. The van der Waals surface area contributed by atoms with E-state index in [1.54, 1.807) is 28.1 Å². The normalized spacial score (nSPS) is 14.5. The summed E-state index contributed by atoms with van der Waals surface area (Å²) in [6.07, 6.45) is 1.67. The number of nitrogens with one attached hydrogen (secondary N) is 1. The number of amides is 2. The maximum absolute atomic E-state index is 13.1. The molecule has 1 saturated heterocycles. The monoisotopic (exact) mass is 510 g/mol. The SMILES string of the molecule is CC(=O)N1CCN(C(=O)c2cc3c(ccc4cnc(Nc5cccc(S(N)(=O)=O)c5)nc43)s2)CC1. The average Bonchev–Trinajstić information content (AvgIpc) is 3.28. The van der Waals surface area contributed by atoms with Gasteiger partial charge in [-0.25, -0.2) is 23.5 Å². The van der Waals surface area contributed by atoms with Gasteiger partial charge in [0.1, 0.15) is 0 Å². The number of aromatic nitrogens is 2. The van der Waals surface area contributed by atoms with E-state index in [4.69, 9.17) is 5.14 Å². The van der Waals surface area contributed by atoms with Crippen LogP contribution in [0.15, 0.2) is 53.6 Å². The lowest BCUT2D eigenvalue weighted by atomic mass is 10.1. The van der Waals surface area contributed by atoms with Gasteiger partial charge in [-0.05, 0) is 36.4 Å². The summed E-state index contributed by atoms with van der Waals surface area (Å²) in [7, 11) is -3.84. The molecule has 3 N–H and O–H groups in total. The smallest absolute Gasteiger partial charge is 0.264 e. The quantitative estimate of drug-likeness (QED) is 0.430. The van der Waals surface area contributed by atoms with E-state index in [0.717, 1.165) is 15.5 Å². The number of piperazine rings is 1. The Bertz CT molecular complexity index is 1580. The van der Waals surface area contributed by atoms with E-state index in [2.05, 4.69) is 15.3 Å². The van der Waals surface area contributed by atoms with E-state index in [-0.39, 0.29) is 22.7 Å². The number of carbonyl (C=O) groups is 2. The van der Waals surface area contributed by atoms with E-state index in [1.165, 1.54) is 30.4 Å². The highest BCUT2D eigenvalue weighted by Crippen LogP contribution is 2.32. The molecule has 0 unspecified atom stereocenters. The first-order chi connectivity index (χ1) is 16.7. The molecule has 5 rings (SSSR count). The molecule has 180 valence electrons. The molecule has 10 nitrogen and oxygen atoms in total. The van der Waals surface area contributed by atoms with Crippen molar-refractivity contribution in [2.24, 2.45) is 5.14 Å². The molecule has 4 aromatic rings. The largest absolute Gasteiger partial charge is 0.339 e. The predicted molar refractivity (Wildman–Crippen MR) is 134 cm³/mol. The van der Waals surface area contributed by atoms with Gasteiger partial charge in [-0.3, -0.25) is 9.59 Å². The number of benzene rings is 2.